The fourth-order valence-electron chi connectivity index (χ4n) is 2.32. The molecule has 1 N–H and O–H groups in total. The second kappa shape index (κ2) is 5.74. The minimum atomic E-state index is 0.891. The van der Waals surface area contributed by atoms with Gasteiger partial charge in [0.1, 0.15) is 0 Å². The van der Waals surface area contributed by atoms with Crippen LogP contribution in [-0.4, -0.2) is 21.1 Å². The van der Waals surface area contributed by atoms with E-state index in [1.165, 1.54) is 11.8 Å². The molecule has 0 bridgehead atoms. The summed E-state index contributed by atoms with van der Waals surface area (Å²) < 4.78 is 2.10. The molecule has 0 aliphatic carbocycles. The SMILES string of the molecule is CCCCNc1nccn1-c1cccc2cnccc12. The summed E-state index contributed by atoms with van der Waals surface area (Å²) in [5, 5.41) is 5.71. The van der Waals surface area contributed by atoms with Crippen LogP contribution in [0.1, 0.15) is 19.8 Å². The lowest BCUT2D eigenvalue weighted by atomic mass is 10.1. The van der Waals surface area contributed by atoms with Crippen molar-refractivity contribution < 1.29 is 0 Å². The predicted molar refractivity (Wildman–Crippen MR) is 82.3 cm³/mol. The van der Waals surface area contributed by atoms with Crippen LogP contribution in [0.2, 0.25) is 0 Å². The number of hydrogen-bond acceptors (Lipinski definition) is 3. The number of nitrogens with one attached hydrogen (secondary N) is 1. The quantitative estimate of drug-likeness (QED) is 0.717. The number of aromatic nitrogens is 3. The van der Waals surface area contributed by atoms with Crippen LogP contribution in [0.15, 0.2) is 49.1 Å². The first-order valence-corrected chi connectivity index (χ1v) is 7.00. The van der Waals surface area contributed by atoms with Crippen molar-refractivity contribution >= 4 is 16.7 Å². The summed E-state index contributed by atoms with van der Waals surface area (Å²) >= 11 is 0. The topological polar surface area (TPSA) is 42.7 Å². The molecule has 2 heterocycles. The van der Waals surface area contributed by atoms with E-state index in [2.05, 4.69) is 45.0 Å². The molecule has 4 nitrogen and oxygen atoms in total. The zero-order valence-electron chi connectivity index (χ0n) is 11.6. The number of benzene rings is 1. The summed E-state index contributed by atoms with van der Waals surface area (Å²) in [6.07, 6.45) is 9.85. The zero-order valence-corrected chi connectivity index (χ0v) is 11.6. The van der Waals surface area contributed by atoms with Crippen LogP contribution >= 0.6 is 0 Å². The van der Waals surface area contributed by atoms with Crippen molar-refractivity contribution in [3.8, 4) is 5.69 Å². The Kier molecular flexibility index (Phi) is 3.63. The Morgan fingerprint density at radius 3 is 3.05 bits per heavy atom. The van der Waals surface area contributed by atoms with E-state index >= 15 is 0 Å². The highest BCUT2D eigenvalue weighted by Crippen LogP contribution is 2.23. The molecule has 102 valence electrons. The van der Waals surface area contributed by atoms with Crippen LogP contribution in [0.4, 0.5) is 5.95 Å². The standard InChI is InChI=1S/C16H18N4/c1-2-3-8-18-16-19-10-11-20(16)15-6-4-5-13-12-17-9-7-14(13)15/h4-7,9-12H,2-3,8H2,1H3,(H,18,19). The summed E-state index contributed by atoms with van der Waals surface area (Å²) in [6.45, 7) is 3.13. The number of hydrogen-bond donors (Lipinski definition) is 1. The molecule has 0 spiro atoms. The van der Waals surface area contributed by atoms with Crippen molar-refractivity contribution in [1.82, 2.24) is 14.5 Å². The second-order valence-corrected chi connectivity index (χ2v) is 4.78. The molecule has 0 atom stereocenters. The van der Waals surface area contributed by atoms with E-state index in [4.69, 9.17) is 0 Å². The number of fused-ring (bicyclic) bond motifs is 1. The predicted octanol–water partition coefficient (Wildman–Crippen LogP) is 3.63. The molecular formula is C16H18N4. The van der Waals surface area contributed by atoms with Gasteiger partial charge < -0.3 is 5.32 Å². The highest BCUT2D eigenvalue weighted by molar-refractivity contribution is 5.89. The highest BCUT2D eigenvalue weighted by Gasteiger charge is 2.07. The fourth-order valence-corrected chi connectivity index (χ4v) is 2.32. The Morgan fingerprint density at radius 1 is 1.20 bits per heavy atom. The summed E-state index contributed by atoms with van der Waals surface area (Å²) in [5.74, 6) is 0.891. The minimum absolute atomic E-state index is 0.891. The molecule has 1 aromatic carbocycles. The van der Waals surface area contributed by atoms with Gasteiger partial charge >= 0.3 is 0 Å². The van der Waals surface area contributed by atoms with Crippen LogP contribution < -0.4 is 5.32 Å². The number of imidazole rings is 1. The smallest absolute Gasteiger partial charge is 0.207 e. The highest BCUT2D eigenvalue weighted by atomic mass is 15.2. The van der Waals surface area contributed by atoms with Crippen molar-refractivity contribution in [2.75, 3.05) is 11.9 Å². The Bertz CT molecular complexity index is 697. The molecule has 0 saturated heterocycles. The Balaban J connectivity index is 2.01. The van der Waals surface area contributed by atoms with Crippen molar-refractivity contribution in [3.05, 3.63) is 49.1 Å². The van der Waals surface area contributed by atoms with Gasteiger partial charge in [0, 0.05) is 42.1 Å². The second-order valence-electron chi connectivity index (χ2n) is 4.78. The summed E-state index contributed by atoms with van der Waals surface area (Å²) in [7, 11) is 0. The van der Waals surface area contributed by atoms with E-state index in [1.807, 2.05) is 30.9 Å². The third kappa shape index (κ3) is 2.37. The van der Waals surface area contributed by atoms with Gasteiger partial charge in [0.05, 0.1) is 5.69 Å². The van der Waals surface area contributed by atoms with E-state index < -0.39 is 0 Å². The number of unbranched alkanes of at least 4 members (excludes halogenated alkanes) is 1. The minimum Gasteiger partial charge on any atom is -0.355 e. The van der Waals surface area contributed by atoms with Gasteiger partial charge in [0.25, 0.3) is 0 Å². The lowest BCUT2D eigenvalue weighted by Gasteiger charge is -2.11. The first-order chi connectivity index (χ1) is 9.90. The maximum absolute atomic E-state index is 4.41. The molecule has 0 unspecified atom stereocenters. The summed E-state index contributed by atoms with van der Waals surface area (Å²) in [4.78, 5) is 8.59. The van der Waals surface area contributed by atoms with Gasteiger partial charge in [-0.3, -0.25) is 9.55 Å². The Morgan fingerprint density at radius 2 is 2.15 bits per heavy atom. The number of anilines is 1. The maximum Gasteiger partial charge on any atom is 0.207 e. The number of rotatable bonds is 5. The molecule has 20 heavy (non-hydrogen) atoms. The molecule has 2 aromatic heterocycles. The molecular weight excluding hydrogens is 248 g/mol. The monoisotopic (exact) mass is 266 g/mol. The van der Waals surface area contributed by atoms with E-state index in [9.17, 15) is 0 Å². The van der Waals surface area contributed by atoms with E-state index in [0.29, 0.717) is 0 Å². The molecule has 0 amide bonds. The fraction of sp³-hybridized carbons (Fsp3) is 0.250. The average molecular weight is 266 g/mol. The third-order valence-electron chi connectivity index (χ3n) is 3.37. The molecule has 0 radical (unpaired) electrons. The lowest BCUT2D eigenvalue weighted by Crippen LogP contribution is -2.07. The lowest BCUT2D eigenvalue weighted by molar-refractivity contribution is 0.823. The van der Waals surface area contributed by atoms with Crippen LogP contribution in [0, 0.1) is 0 Å². The van der Waals surface area contributed by atoms with Crippen LogP contribution in [0.25, 0.3) is 16.5 Å². The van der Waals surface area contributed by atoms with Crippen LogP contribution in [0.3, 0.4) is 0 Å². The van der Waals surface area contributed by atoms with Gasteiger partial charge in [0.15, 0.2) is 0 Å². The molecule has 0 aliphatic rings. The van der Waals surface area contributed by atoms with Crippen molar-refractivity contribution in [2.24, 2.45) is 0 Å². The average Bonchev–Trinajstić information content (AvgIpc) is 2.95. The van der Waals surface area contributed by atoms with Gasteiger partial charge in [0.2, 0.25) is 5.95 Å². The van der Waals surface area contributed by atoms with E-state index in [1.54, 1.807) is 0 Å². The van der Waals surface area contributed by atoms with Gasteiger partial charge in [-0.05, 0) is 18.6 Å². The zero-order chi connectivity index (χ0) is 13.8. The Labute approximate surface area is 118 Å². The largest absolute Gasteiger partial charge is 0.355 e. The van der Waals surface area contributed by atoms with Gasteiger partial charge in [-0.15, -0.1) is 0 Å². The molecule has 3 rings (SSSR count). The molecule has 4 heteroatoms. The van der Waals surface area contributed by atoms with Crippen LogP contribution in [0.5, 0.6) is 0 Å². The summed E-state index contributed by atoms with van der Waals surface area (Å²) in [5.41, 5.74) is 1.13. The first-order valence-electron chi connectivity index (χ1n) is 7.00. The van der Waals surface area contributed by atoms with Crippen molar-refractivity contribution in [2.45, 2.75) is 19.8 Å². The summed E-state index contributed by atoms with van der Waals surface area (Å²) in [6, 6.07) is 8.28. The Hall–Kier alpha value is -2.36. The molecule has 3 aromatic rings. The van der Waals surface area contributed by atoms with E-state index in [0.717, 1.165) is 30.0 Å². The van der Waals surface area contributed by atoms with Crippen LogP contribution in [-0.2, 0) is 0 Å². The van der Waals surface area contributed by atoms with Crippen molar-refractivity contribution in [1.29, 1.82) is 0 Å². The van der Waals surface area contributed by atoms with E-state index in [-0.39, 0.29) is 0 Å². The third-order valence-corrected chi connectivity index (χ3v) is 3.37. The van der Waals surface area contributed by atoms with Gasteiger partial charge in [-0.2, -0.15) is 0 Å². The molecule has 0 fully saturated rings. The maximum atomic E-state index is 4.41. The number of pyridine rings is 1. The van der Waals surface area contributed by atoms with Crippen molar-refractivity contribution in [3.63, 3.8) is 0 Å². The molecule has 0 aliphatic heterocycles. The van der Waals surface area contributed by atoms with Gasteiger partial charge in [-0.1, -0.05) is 25.5 Å². The normalized spacial score (nSPS) is 10.8. The van der Waals surface area contributed by atoms with Gasteiger partial charge in [-0.25, -0.2) is 4.98 Å². The number of nitrogens with zero attached hydrogens (tertiary/aromatic N) is 3. The molecule has 0 saturated carbocycles. The first kappa shape index (κ1) is 12.7.